The van der Waals surface area contributed by atoms with E-state index in [-0.39, 0.29) is 11.9 Å². The molecular weight excluding hydrogens is 132 g/mol. The number of imide groups is 1. The average molecular weight is 142 g/mol. The third-order valence-electron chi connectivity index (χ3n) is 1.48. The number of nitrogens with one attached hydrogen (secondary N) is 1. The fourth-order valence-corrected chi connectivity index (χ4v) is 0.940. The Balaban J connectivity index is 2.62. The molecule has 3 amide bonds. The minimum Gasteiger partial charge on any atom is -0.337 e. The zero-order valence-electron chi connectivity index (χ0n) is 5.89. The summed E-state index contributed by atoms with van der Waals surface area (Å²) in [6.07, 6.45) is 0.430. The SMILES string of the molecule is CCN1C(=O)CCNC1=O. The summed E-state index contributed by atoms with van der Waals surface area (Å²) in [5.74, 6) is -0.0775. The van der Waals surface area contributed by atoms with E-state index in [9.17, 15) is 9.59 Å². The first kappa shape index (κ1) is 7.05. The van der Waals surface area contributed by atoms with Crippen LogP contribution < -0.4 is 5.32 Å². The molecule has 0 radical (unpaired) electrons. The molecule has 4 nitrogen and oxygen atoms in total. The molecular formula is C6H10N2O2. The van der Waals surface area contributed by atoms with Crippen LogP contribution >= 0.6 is 0 Å². The quantitative estimate of drug-likeness (QED) is 0.558. The molecule has 1 aliphatic rings. The topological polar surface area (TPSA) is 49.4 Å². The Labute approximate surface area is 59.2 Å². The lowest BCUT2D eigenvalue weighted by molar-refractivity contribution is -0.129. The number of carbonyl (C=O) groups is 2. The molecule has 0 spiro atoms. The van der Waals surface area contributed by atoms with E-state index in [2.05, 4.69) is 5.32 Å². The van der Waals surface area contributed by atoms with Crippen molar-refractivity contribution in [2.45, 2.75) is 13.3 Å². The minimum atomic E-state index is -0.265. The Morgan fingerprint density at radius 2 is 2.30 bits per heavy atom. The minimum absolute atomic E-state index is 0.0775. The fraction of sp³-hybridized carbons (Fsp3) is 0.667. The predicted octanol–water partition coefficient (Wildman–Crippen LogP) is -0.0518. The van der Waals surface area contributed by atoms with Crippen LogP contribution in [0, 0.1) is 0 Å². The van der Waals surface area contributed by atoms with Crippen molar-refractivity contribution in [1.82, 2.24) is 10.2 Å². The van der Waals surface area contributed by atoms with Crippen LogP contribution in [0.3, 0.4) is 0 Å². The highest BCUT2D eigenvalue weighted by Gasteiger charge is 2.22. The number of hydrogen-bond acceptors (Lipinski definition) is 2. The van der Waals surface area contributed by atoms with E-state index < -0.39 is 0 Å². The monoisotopic (exact) mass is 142 g/mol. The van der Waals surface area contributed by atoms with Gasteiger partial charge in [0.2, 0.25) is 5.91 Å². The van der Waals surface area contributed by atoms with Crippen molar-refractivity contribution in [2.24, 2.45) is 0 Å². The molecule has 0 aromatic heterocycles. The van der Waals surface area contributed by atoms with Crippen LogP contribution in [0.4, 0.5) is 4.79 Å². The lowest BCUT2D eigenvalue weighted by Crippen LogP contribution is -2.49. The highest BCUT2D eigenvalue weighted by atomic mass is 16.2. The second kappa shape index (κ2) is 2.68. The normalized spacial score (nSPS) is 19.1. The van der Waals surface area contributed by atoms with Crippen LogP contribution in [0.2, 0.25) is 0 Å². The fourth-order valence-electron chi connectivity index (χ4n) is 0.940. The highest BCUT2D eigenvalue weighted by Crippen LogP contribution is 1.99. The Morgan fingerprint density at radius 1 is 1.60 bits per heavy atom. The summed E-state index contributed by atoms with van der Waals surface area (Å²) in [6, 6.07) is -0.265. The van der Waals surface area contributed by atoms with Gasteiger partial charge >= 0.3 is 6.03 Å². The molecule has 1 rings (SSSR count). The van der Waals surface area contributed by atoms with Gasteiger partial charge in [0.15, 0.2) is 0 Å². The van der Waals surface area contributed by atoms with Crippen molar-refractivity contribution in [3.63, 3.8) is 0 Å². The summed E-state index contributed by atoms with van der Waals surface area (Å²) in [5.41, 5.74) is 0. The summed E-state index contributed by atoms with van der Waals surface area (Å²) in [4.78, 5) is 22.9. The molecule has 56 valence electrons. The Kier molecular flexibility index (Phi) is 1.89. The first-order valence-corrected chi connectivity index (χ1v) is 3.34. The number of hydrogen-bond donors (Lipinski definition) is 1. The first-order valence-electron chi connectivity index (χ1n) is 3.34. The molecule has 1 heterocycles. The van der Waals surface area contributed by atoms with E-state index in [0.29, 0.717) is 19.5 Å². The van der Waals surface area contributed by atoms with Crippen molar-refractivity contribution in [1.29, 1.82) is 0 Å². The third kappa shape index (κ3) is 1.10. The summed E-state index contributed by atoms with van der Waals surface area (Å²) in [5, 5.41) is 2.58. The molecule has 0 aromatic carbocycles. The van der Waals surface area contributed by atoms with Crippen molar-refractivity contribution in [2.75, 3.05) is 13.1 Å². The summed E-state index contributed by atoms with van der Waals surface area (Å²) in [6.45, 7) is 2.72. The molecule has 0 aliphatic carbocycles. The van der Waals surface area contributed by atoms with Gasteiger partial charge in [-0.05, 0) is 6.92 Å². The molecule has 0 saturated carbocycles. The number of nitrogens with zero attached hydrogens (tertiary/aromatic N) is 1. The molecule has 0 aromatic rings. The highest BCUT2D eigenvalue weighted by molar-refractivity contribution is 5.96. The van der Waals surface area contributed by atoms with Gasteiger partial charge < -0.3 is 5.32 Å². The number of rotatable bonds is 1. The predicted molar refractivity (Wildman–Crippen MR) is 35.4 cm³/mol. The summed E-state index contributed by atoms with van der Waals surface area (Å²) < 4.78 is 0. The van der Waals surface area contributed by atoms with E-state index in [1.54, 1.807) is 6.92 Å². The standard InChI is InChI=1S/C6H10N2O2/c1-2-8-5(9)3-4-7-6(8)10/h2-4H2,1H3,(H,7,10). The van der Waals surface area contributed by atoms with Gasteiger partial charge in [-0.3, -0.25) is 9.69 Å². The summed E-state index contributed by atoms with van der Waals surface area (Å²) in [7, 11) is 0. The van der Waals surface area contributed by atoms with E-state index in [1.165, 1.54) is 4.90 Å². The maximum atomic E-state index is 10.9. The number of carbonyl (C=O) groups excluding carboxylic acids is 2. The van der Waals surface area contributed by atoms with Gasteiger partial charge in [0.05, 0.1) is 0 Å². The molecule has 1 fully saturated rings. The maximum absolute atomic E-state index is 10.9. The van der Waals surface area contributed by atoms with Gasteiger partial charge in [-0.15, -0.1) is 0 Å². The number of amides is 3. The summed E-state index contributed by atoms with van der Waals surface area (Å²) >= 11 is 0. The Morgan fingerprint density at radius 3 is 2.70 bits per heavy atom. The number of urea groups is 1. The van der Waals surface area contributed by atoms with Crippen LogP contribution in [0.1, 0.15) is 13.3 Å². The lowest BCUT2D eigenvalue weighted by Gasteiger charge is -2.23. The van der Waals surface area contributed by atoms with Gasteiger partial charge in [-0.1, -0.05) is 0 Å². The van der Waals surface area contributed by atoms with Crippen molar-refractivity contribution < 1.29 is 9.59 Å². The third-order valence-corrected chi connectivity index (χ3v) is 1.48. The second-order valence-corrected chi connectivity index (χ2v) is 2.12. The molecule has 10 heavy (non-hydrogen) atoms. The molecule has 1 saturated heterocycles. The van der Waals surface area contributed by atoms with E-state index >= 15 is 0 Å². The van der Waals surface area contributed by atoms with Crippen LogP contribution in [0.15, 0.2) is 0 Å². The van der Waals surface area contributed by atoms with Gasteiger partial charge in [-0.2, -0.15) is 0 Å². The van der Waals surface area contributed by atoms with E-state index in [1.807, 2.05) is 0 Å². The smallest absolute Gasteiger partial charge is 0.324 e. The molecule has 0 atom stereocenters. The zero-order chi connectivity index (χ0) is 7.56. The van der Waals surface area contributed by atoms with Gasteiger partial charge in [-0.25, -0.2) is 4.79 Å². The maximum Gasteiger partial charge on any atom is 0.324 e. The van der Waals surface area contributed by atoms with Gasteiger partial charge in [0, 0.05) is 19.5 Å². The van der Waals surface area contributed by atoms with Crippen LogP contribution in [0.25, 0.3) is 0 Å². The molecule has 1 aliphatic heterocycles. The first-order chi connectivity index (χ1) is 4.75. The van der Waals surface area contributed by atoms with Crippen molar-refractivity contribution >= 4 is 11.9 Å². The van der Waals surface area contributed by atoms with Gasteiger partial charge in [0.1, 0.15) is 0 Å². The average Bonchev–Trinajstić information content (AvgIpc) is 1.88. The molecule has 0 unspecified atom stereocenters. The lowest BCUT2D eigenvalue weighted by atomic mass is 10.3. The Bertz CT molecular complexity index is 151. The van der Waals surface area contributed by atoms with Crippen molar-refractivity contribution in [3.05, 3.63) is 0 Å². The van der Waals surface area contributed by atoms with E-state index in [0.717, 1.165) is 0 Å². The molecule has 0 bridgehead atoms. The Hall–Kier alpha value is -1.06. The molecule has 1 N–H and O–H groups in total. The second-order valence-electron chi connectivity index (χ2n) is 2.12. The molecule has 4 heteroatoms. The van der Waals surface area contributed by atoms with Crippen LogP contribution in [-0.2, 0) is 4.79 Å². The van der Waals surface area contributed by atoms with Crippen LogP contribution in [0.5, 0.6) is 0 Å². The van der Waals surface area contributed by atoms with E-state index in [4.69, 9.17) is 0 Å². The van der Waals surface area contributed by atoms with Crippen LogP contribution in [-0.4, -0.2) is 29.9 Å². The van der Waals surface area contributed by atoms with Gasteiger partial charge in [0.25, 0.3) is 0 Å². The largest absolute Gasteiger partial charge is 0.337 e. The van der Waals surface area contributed by atoms with Crippen molar-refractivity contribution in [3.8, 4) is 0 Å². The zero-order valence-corrected chi connectivity index (χ0v) is 5.89.